The molecule has 25 heavy (non-hydrogen) atoms. The molecular weight excluding hydrogens is 345 g/mol. The predicted molar refractivity (Wildman–Crippen MR) is 99.6 cm³/mol. The highest BCUT2D eigenvalue weighted by atomic mass is 32.1. The Balaban J connectivity index is 2.08. The molecular formula is C19H21F3N2S. The lowest BCUT2D eigenvalue weighted by Crippen LogP contribution is -2.35. The van der Waals surface area contributed by atoms with E-state index in [4.69, 9.17) is 12.2 Å². The molecule has 0 fully saturated rings. The van der Waals surface area contributed by atoms with Crippen molar-refractivity contribution in [2.45, 2.75) is 33.0 Å². The molecule has 0 amide bonds. The van der Waals surface area contributed by atoms with Gasteiger partial charge < -0.3 is 10.6 Å². The van der Waals surface area contributed by atoms with Crippen LogP contribution in [0.25, 0.3) is 0 Å². The number of aryl methyl sites for hydroxylation is 1. The molecule has 0 spiro atoms. The molecule has 0 aliphatic rings. The number of benzene rings is 2. The van der Waals surface area contributed by atoms with Gasteiger partial charge in [-0.2, -0.15) is 13.2 Å². The largest absolute Gasteiger partial charge is 0.416 e. The van der Waals surface area contributed by atoms with E-state index in [1.165, 1.54) is 12.1 Å². The van der Waals surface area contributed by atoms with Gasteiger partial charge >= 0.3 is 6.18 Å². The van der Waals surface area contributed by atoms with Gasteiger partial charge in [0.05, 0.1) is 11.6 Å². The lowest BCUT2D eigenvalue weighted by Gasteiger charge is -2.26. The average molecular weight is 366 g/mol. The Hall–Kier alpha value is -2.08. The van der Waals surface area contributed by atoms with E-state index in [-0.39, 0.29) is 12.0 Å². The third kappa shape index (κ3) is 5.19. The normalized spacial score (nSPS) is 12.8. The molecule has 1 atom stereocenters. The average Bonchev–Trinajstić information content (AvgIpc) is 2.53. The van der Waals surface area contributed by atoms with E-state index in [0.29, 0.717) is 10.8 Å². The number of thiocarbonyl (C=S) groups is 1. The fourth-order valence-electron chi connectivity index (χ4n) is 2.59. The summed E-state index contributed by atoms with van der Waals surface area (Å²) in [5.74, 6) is 0.286. The number of alkyl halides is 3. The van der Waals surface area contributed by atoms with Crippen LogP contribution in [0.3, 0.4) is 0 Å². The molecule has 0 unspecified atom stereocenters. The highest BCUT2D eigenvalue weighted by molar-refractivity contribution is 7.80. The molecule has 0 aromatic heterocycles. The van der Waals surface area contributed by atoms with Crippen molar-refractivity contribution < 1.29 is 13.2 Å². The van der Waals surface area contributed by atoms with Crippen molar-refractivity contribution in [2.24, 2.45) is 5.92 Å². The van der Waals surface area contributed by atoms with E-state index in [1.807, 2.05) is 31.2 Å². The summed E-state index contributed by atoms with van der Waals surface area (Å²) >= 11 is 5.34. The second-order valence-corrected chi connectivity index (χ2v) is 6.66. The van der Waals surface area contributed by atoms with E-state index < -0.39 is 11.7 Å². The molecule has 0 saturated heterocycles. The Kier molecular flexibility index (Phi) is 6.06. The maximum Gasteiger partial charge on any atom is 0.416 e. The minimum atomic E-state index is -4.34. The van der Waals surface area contributed by atoms with Gasteiger partial charge in [-0.1, -0.05) is 38.1 Å². The van der Waals surface area contributed by atoms with Crippen molar-refractivity contribution in [1.29, 1.82) is 0 Å². The smallest absolute Gasteiger partial charge is 0.355 e. The first kappa shape index (κ1) is 19.2. The second kappa shape index (κ2) is 7.87. The lowest BCUT2D eigenvalue weighted by atomic mass is 9.93. The molecule has 2 nitrogen and oxygen atoms in total. The summed E-state index contributed by atoms with van der Waals surface area (Å²) in [6, 6.07) is 12.9. The fraction of sp³-hybridized carbons (Fsp3) is 0.316. The molecule has 2 aromatic carbocycles. The van der Waals surface area contributed by atoms with Gasteiger partial charge in [-0.3, -0.25) is 0 Å². The van der Waals surface area contributed by atoms with Gasteiger partial charge in [0.1, 0.15) is 0 Å². The molecule has 0 aliphatic carbocycles. The molecule has 0 aliphatic heterocycles. The van der Waals surface area contributed by atoms with Gasteiger partial charge in [0, 0.05) is 5.69 Å². The SMILES string of the molecule is Cc1ccccc1[C@@H](NC(=S)Nc1ccc(C(F)(F)F)cc1)C(C)C. The minimum absolute atomic E-state index is 0.00986. The van der Waals surface area contributed by atoms with Crippen LogP contribution >= 0.6 is 12.2 Å². The van der Waals surface area contributed by atoms with E-state index in [9.17, 15) is 13.2 Å². The van der Waals surface area contributed by atoms with Gasteiger partial charge in [0.25, 0.3) is 0 Å². The van der Waals surface area contributed by atoms with Crippen LogP contribution < -0.4 is 10.6 Å². The maximum absolute atomic E-state index is 12.6. The van der Waals surface area contributed by atoms with Crippen LogP contribution in [0, 0.1) is 12.8 Å². The quantitative estimate of drug-likeness (QED) is 0.679. The Bertz CT molecular complexity index is 724. The first-order valence-corrected chi connectivity index (χ1v) is 8.39. The van der Waals surface area contributed by atoms with E-state index >= 15 is 0 Å². The number of anilines is 1. The highest BCUT2D eigenvalue weighted by Gasteiger charge is 2.30. The zero-order chi connectivity index (χ0) is 18.6. The Labute approximate surface area is 151 Å². The number of halogens is 3. The van der Waals surface area contributed by atoms with Crippen molar-refractivity contribution >= 4 is 23.0 Å². The third-order valence-electron chi connectivity index (χ3n) is 3.95. The van der Waals surface area contributed by atoms with Crippen molar-refractivity contribution in [2.75, 3.05) is 5.32 Å². The maximum atomic E-state index is 12.6. The Morgan fingerprint density at radius 3 is 2.12 bits per heavy atom. The number of rotatable bonds is 4. The molecule has 6 heteroatoms. The van der Waals surface area contributed by atoms with Crippen molar-refractivity contribution in [3.63, 3.8) is 0 Å². The van der Waals surface area contributed by atoms with Crippen LogP contribution in [-0.2, 0) is 6.18 Å². The van der Waals surface area contributed by atoms with E-state index in [1.54, 1.807) is 0 Å². The first-order valence-electron chi connectivity index (χ1n) is 7.99. The first-order chi connectivity index (χ1) is 11.7. The van der Waals surface area contributed by atoms with Gasteiger partial charge in [-0.05, 0) is 60.5 Å². The van der Waals surface area contributed by atoms with E-state index in [0.717, 1.165) is 23.3 Å². The van der Waals surface area contributed by atoms with Crippen LogP contribution in [0.2, 0.25) is 0 Å². The Morgan fingerprint density at radius 2 is 1.60 bits per heavy atom. The van der Waals surface area contributed by atoms with Crippen LogP contribution in [0.4, 0.5) is 18.9 Å². The number of hydrogen-bond donors (Lipinski definition) is 2. The molecule has 2 N–H and O–H groups in total. The highest BCUT2D eigenvalue weighted by Crippen LogP contribution is 2.30. The molecule has 2 aromatic rings. The molecule has 0 radical (unpaired) electrons. The zero-order valence-electron chi connectivity index (χ0n) is 14.3. The van der Waals surface area contributed by atoms with Gasteiger partial charge in [0.15, 0.2) is 5.11 Å². The van der Waals surface area contributed by atoms with Gasteiger partial charge in [-0.15, -0.1) is 0 Å². The van der Waals surface area contributed by atoms with Gasteiger partial charge in [-0.25, -0.2) is 0 Å². The molecule has 2 rings (SSSR count). The minimum Gasteiger partial charge on any atom is -0.355 e. The number of hydrogen-bond acceptors (Lipinski definition) is 1. The van der Waals surface area contributed by atoms with Crippen molar-refractivity contribution in [3.8, 4) is 0 Å². The van der Waals surface area contributed by atoms with Gasteiger partial charge in [0.2, 0.25) is 0 Å². The van der Waals surface area contributed by atoms with Crippen molar-refractivity contribution in [3.05, 3.63) is 65.2 Å². The summed E-state index contributed by atoms with van der Waals surface area (Å²) in [6.07, 6.45) is -4.34. The summed E-state index contributed by atoms with van der Waals surface area (Å²) in [4.78, 5) is 0. The van der Waals surface area contributed by atoms with Crippen LogP contribution in [-0.4, -0.2) is 5.11 Å². The molecule has 0 saturated carbocycles. The predicted octanol–water partition coefficient (Wildman–Crippen LogP) is 5.70. The molecule has 134 valence electrons. The third-order valence-corrected chi connectivity index (χ3v) is 4.17. The zero-order valence-corrected chi connectivity index (χ0v) is 15.1. The number of nitrogens with one attached hydrogen (secondary N) is 2. The Morgan fingerprint density at radius 1 is 1.00 bits per heavy atom. The van der Waals surface area contributed by atoms with E-state index in [2.05, 4.69) is 24.5 Å². The topological polar surface area (TPSA) is 24.1 Å². The van der Waals surface area contributed by atoms with Crippen LogP contribution in [0.1, 0.15) is 36.6 Å². The molecule has 0 bridgehead atoms. The standard InChI is InChI=1S/C19H21F3N2S/c1-12(2)17(16-7-5-4-6-13(16)3)24-18(25)23-15-10-8-14(9-11-15)19(20,21)22/h4-12,17H,1-3H3,(H2,23,24,25)/t17-/m0/s1. The summed E-state index contributed by atoms with van der Waals surface area (Å²) in [5, 5.41) is 6.59. The second-order valence-electron chi connectivity index (χ2n) is 6.25. The van der Waals surface area contributed by atoms with Crippen LogP contribution in [0.5, 0.6) is 0 Å². The summed E-state index contributed by atoms with van der Waals surface area (Å²) in [7, 11) is 0. The van der Waals surface area contributed by atoms with Crippen molar-refractivity contribution in [1.82, 2.24) is 5.32 Å². The monoisotopic (exact) mass is 366 g/mol. The fourth-order valence-corrected chi connectivity index (χ4v) is 2.84. The summed E-state index contributed by atoms with van der Waals surface area (Å²) in [6.45, 7) is 6.22. The lowest BCUT2D eigenvalue weighted by molar-refractivity contribution is -0.137. The van der Waals surface area contributed by atoms with Crippen LogP contribution in [0.15, 0.2) is 48.5 Å². The summed E-state index contributed by atoms with van der Waals surface area (Å²) in [5.41, 5.74) is 2.13. The summed E-state index contributed by atoms with van der Waals surface area (Å²) < 4.78 is 37.8. The molecule has 0 heterocycles.